The van der Waals surface area contributed by atoms with Crippen molar-refractivity contribution in [2.24, 2.45) is 5.92 Å². The fourth-order valence-electron chi connectivity index (χ4n) is 1.75. The molecular weight excluding hydrogens is 204 g/mol. The van der Waals surface area contributed by atoms with Crippen LogP contribution in [0.15, 0.2) is 12.4 Å². The molecule has 0 radical (unpaired) electrons. The van der Waals surface area contributed by atoms with E-state index in [1.54, 1.807) is 6.20 Å². The molecule has 1 aliphatic heterocycles. The Balaban J connectivity index is 1.52. The van der Waals surface area contributed by atoms with Gasteiger partial charge in [0.25, 0.3) is 0 Å². The first kappa shape index (κ1) is 11.1. The lowest BCUT2D eigenvalue weighted by molar-refractivity contribution is -0.122. The molecule has 2 heterocycles. The summed E-state index contributed by atoms with van der Waals surface area (Å²) in [6.45, 7) is 2.71. The van der Waals surface area contributed by atoms with Crippen LogP contribution in [-0.2, 0) is 11.2 Å². The molecule has 2 rings (SSSR count). The highest BCUT2D eigenvalue weighted by Gasteiger charge is 2.19. The summed E-state index contributed by atoms with van der Waals surface area (Å²) in [6.07, 6.45) is 6.04. The molecule has 0 bridgehead atoms. The van der Waals surface area contributed by atoms with Gasteiger partial charge in [-0.3, -0.25) is 4.79 Å². The smallest absolute Gasteiger partial charge is 0.220 e. The molecule has 1 aromatic heterocycles. The summed E-state index contributed by atoms with van der Waals surface area (Å²) in [5.41, 5.74) is 0. The molecule has 1 aromatic rings. The van der Waals surface area contributed by atoms with Gasteiger partial charge >= 0.3 is 0 Å². The highest BCUT2D eigenvalue weighted by atomic mass is 16.1. The van der Waals surface area contributed by atoms with Crippen LogP contribution < -0.4 is 10.6 Å². The van der Waals surface area contributed by atoms with Crippen LogP contribution >= 0.6 is 0 Å². The van der Waals surface area contributed by atoms with Gasteiger partial charge in [-0.2, -0.15) is 0 Å². The van der Waals surface area contributed by atoms with Crippen LogP contribution in [-0.4, -0.2) is 35.5 Å². The Labute approximate surface area is 95.0 Å². The van der Waals surface area contributed by atoms with Crippen molar-refractivity contribution in [2.45, 2.75) is 19.3 Å². The number of H-pyrrole nitrogens is 1. The van der Waals surface area contributed by atoms with Crippen molar-refractivity contribution in [2.75, 3.05) is 19.6 Å². The third-order valence-corrected chi connectivity index (χ3v) is 2.81. The van der Waals surface area contributed by atoms with Crippen molar-refractivity contribution < 1.29 is 4.79 Å². The van der Waals surface area contributed by atoms with Gasteiger partial charge in [-0.05, 0) is 25.4 Å². The normalized spacial score (nSPS) is 15.8. The number of carbonyl (C=O) groups excluding carboxylic acids is 1. The fraction of sp³-hybridized carbons (Fsp3) is 0.636. The van der Waals surface area contributed by atoms with Crippen LogP contribution in [0.2, 0.25) is 0 Å². The maximum Gasteiger partial charge on any atom is 0.220 e. The van der Waals surface area contributed by atoms with E-state index in [1.165, 1.54) is 0 Å². The molecule has 1 fully saturated rings. The minimum absolute atomic E-state index is 0.172. The van der Waals surface area contributed by atoms with Gasteiger partial charge in [0.2, 0.25) is 5.91 Å². The van der Waals surface area contributed by atoms with E-state index in [1.807, 2.05) is 6.20 Å². The van der Waals surface area contributed by atoms with Crippen LogP contribution in [0.5, 0.6) is 0 Å². The van der Waals surface area contributed by atoms with Crippen LogP contribution in [0.4, 0.5) is 0 Å². The van der Waals surface area contributed by atoms with E-state index >= 15 is 0 Å². The summed E-state index contributed by atoms with van der Waals surface area (Å²) in [5.74, 6) is 1.70. The van der Waals surface area contributed by atoms with Gasteiger partial charge in [-0.1, -0.05) is 0 Å². The molecule has 5 nitrogen and oxygen atoms in total. The summed E-state index contributed by atoms with van der Waals surface area (Å²) in [7, 11) is 0. The number of aryl methyl sites for hydroxylation is 1. The molecular formula is C11H18N4O. The molecule has 0 aliphatic carbocycles. The zero-order chi connectivity index (χ0) is 11.2. The number of aromatic amines is 1. The number of hydrogen-bond donors (Lipinski definition) is 3. The molecule has 0 atom stereocenters. The average Bonchev–Trinajstić information content (AvgIpc) is 2.71. The van der Waals surface area contributed by atoms with Crippen molar-refractivity contribution in [1.82, 2.24) is 20.6 Å². The molecule has 88 valence electrons. The monoisotopic (exact) mass is 222 g/mol. The number of imidazole rings is 1. The number of amides is 1. The average molecular weight is 222 g/mol. The van der Waals surface area contributed by atoms with E-state index in [2.05, 4.69) is 20.6 Å². The summed E-state index contributed by atoms with van der Waals surface area (Å²) in [6, 6.07) is 0. The number of nitrogens with one attached hydrogen (secondary N) is 3. The second kappa shape index (κ2) is 5.65. The molecule has 16 heavy (non-hydrogen) atoms. The highest BCUT2D eigenvalue weighted by molar-refractivity contribution is 5.76. The first-order valence-corrected chi connectivity index (χ1v) is 5.80. The molecule has 3 N–H and O–H groups in total. The number of aromatic nitrogens is 2. The van der Waals surface area contributed by atoms with Crippen molar-refractivity contribution in [3.8, 4) is 0 Å². The van der Waals surface area contributed by atoms with E-state index < -0.39 is 0 Å². The van der Waals surface area contributed by atoms with Gasteiger partial charge in [-0.25, -0.2) is 4.98 Å². The Morgan fingerprint density at radius 2 is 2.44 bits per heavy atom. The van der Waals surface area contributed by atoms with Crippen LogP contribution in [0.1, 0.15) is 18.7 Å². The Bertz CT molecular complexity index is 319. The van der Waals surface area contributed by atoms with Crippen molar-refractivity contribution in [3.05, 3.63) is 18.2 Å². The second-order valence-corrected chi connectivity index (χ2v) is 4.22. The number of hydrogen-bond acceptors (Lipinski definition) is 3. The van der Waals surface area contributed by atoms with Gasteiger partial charge < -0.3 is 15.6 Å². The minimum Gasteiger partial charge on any atom is -0.356 e. The summed E-state index contributed by atoms with van der Waals surface area (Å²) in [4.78, 5) is 18.6. The molecule has 5 heteroatoms. The Kier molecular flexibility index (Phi) is 3.93. The Morgan fingerprint density at radius 1 is 1.56 bits per heavy atom. The first-order chi connectivity index (χ1) is 7.84. The second-order valence-electron chi connectivity index (χ2n) is 4.22. The quantitative estimate of drug-likeness (QED) is 0.596. The lowest BCUT2D eigenvalue weighted by Crippen LogP contribution is -2.44. The molecule has 1 amide bonds. The van der Waals surface area contributed by atoms with Gasteiger partial charge in [0.15, 0.2) is 0 Å². The molecule has 1 saturated heterocycles. The van der Waals surface area contributed by atoms with Crippen LogP contribution in [0, 0.1) is 5.92 Å². The van der Waals surface area contributed by atoms with Crippen molar-refractivity contribution >= 4 is 5.91 Å². The van der Waals surface area contributed by atoms with Crippen LogP contribution in [0.3, 0.4) is 0 Å². The number of rotatable bonds is 6. The minimum atomic E-state index is 0.172. The maximum absolute atomic E-state index is 11.4. The molecule has 1 aliphatic rings. The van der Waals surface area contributed by atoms with E-state index in [0.717, 1.165) is 38.3 Å². The van der Waals surface area contributed by atoms with Gasteiger partial charge in [0.05, 0.1) is 0 Å². The van der Waals surface area contributed by atoms with Crippen molar-refractivity contribution in [1.29, 1.82) is 0 Å². The lowest BCUT2D eigenvalue weighted by atomic mass is 9.99. The maximum atomic E-state index is 11.4. The van der Waals surface area contributed by atoms with Gasteiger partial charge in [0, 0.05) is 31.8 Å². The zero-order valence-corrected chi connectivity index (χ0v) is 9.33. The zero-order valence-electron chi connectivity index (χ0n) is 9.33. The van der Waals surface area contributed by atoms with Gasteiger partial charge in [0.1, 0.15) is 5.82 Å². The summed E-state index contributed by atoms with van der Waals surface area (Å²) < 4.78 is 0. The lowest BCUT2D eigenvalue weighted by Gasteiger charge is -2.26. The summed E-state index contributed by atoms with van der Waals surface area (Å²) >= 11 is 0. The van der Waals surface area contributed by atoms with Crippen molar-refractivity contribution in [3.63, 3.8) is 0 Å². The van der Waals surface area contributed by atoms with Gasteiger partial charge in [-0.15, -0.1) is 0 Å². The molecule has 0 spiro atoms. The first-order valence-electron chi connectivity index (χ1n) is 5.80. The topological polar surface area (TPSA) is 69.8 Å². The largest absolute Gasteiger partial charge is 0.356 e. The fourth-order valence-corrected chi connectivity index (χ4v) is 1.75. The van der Waals surface area contributed by atoms with E-state index in [4.69, 9.17) is 0 Å². The van der Waals surface area contributed by atoms with E-state index in [-0.39, 0.29) is 5.91 Å². The number of nitrogens with zero attached hydrogens (tertiary/aromatic N) is 1. The SMILES string of the molecule is O=C(CC1CNC1)NCCCc1ncc[nH]1. The molecule has 0 aromatic carbocycles. The third kappa shape index (κ3) is 3.34. The van der Waals surface area contributed by atoms with Crippen LogP contribution in [0.25, 0.3) is 0 Å². The standard InChI is InChI=1S/C11H18N4O/c16-11(6-9-7-12-8-9)15-3-1-2-10-13-4-5-14-10/h4-5,9,12H,1-3,6-8H2,(H,13,14)(H,15,16). The summed E-state index contributed by atoms with van der Waals surface area (Å²) in [5, 5.41) is 6.10. The number of carbonyl (C=O) groups is 1. The molecule has 0 saturated carbocycles. The highest BCUT2D eigenvalue weighted by Crippen LogP contribution is 2.07. The van der Waals surface area contributed by atoms with E-state index in [0.29, 0.717) is 12.3 Å². The Morgan fingerprint density at radius 3 is 3.06 bits per heavy atom. The Hall–Kier alpha value is -1.36. The predicted molar refractivity (Wildman–Crippen MR) is 60.9 cm³/mol. The third-order valence-electron chi connectivity index (χ3n) is 2.81. The molecule has 0 unspecified atom stereocenters. The predicted octanol–water partition coefficient (Wildman–Crippen LogP) is 0.0680. The van der Waals surface area contributed by atoms with E-state index in [9.17, 15) is 4.79 Å².